The van der Waals surface area contributed by atoms with Crippen LogP contribution in [0.2, 0.25) is 0 Å². The Morgan fingerprint density at radius 1 is 0.714 bits per heavy atom. The molecule has 28 heavy (non-hydrogen) atoms. The average Bonchev–Trinajstić information content (AvgIpc) is 2.70. The predicted molar refractivity (Wildman–Crippen MR) is 117 cm³/mol. The topological polar surface area (TPSA) is 46.2 Å². The van der Waals surface area contributed by atoms with E-state index in [4.69, 9.17) is 0 Å². The van der Waals surface area contributed by atoms with Crippen molar-refractivity contribution in [3.63, 3.8) is 0 Å². The van der Waals surface area contributed by atoms with E-state index in [0.29, 0.717) is 5.69 Å². The molecule has 0 atom stereocenters. The standard InChI is InChI=1S/C23H19NO2S2/c1-17-13-15-19(16-14-17)28(25,26)24-21-10-4-5-11-23(21)27-22-12-6-8-18-7-2-3-9-20(18)22/h2-16,24H,1H3. The molecule has 0 aliphatic rings. The first-order chi connectivity index (χ1) is 13.5. The Labute approximate surface area is 169 Å². The molecule has 0 radical (unpaired) electrons. The minimum absolute atomic E-state index is 0.253. The highest BCUT2D eigenvalue weighted by atomic mass is 32.2. The maximum atomic E-state index is 12.8. The number of para-hydroxylation sites is 1. The van der Waals surface area contributed by atoms with Crippen molar-refractivity contribution in [3.8, 4) is 0 Å². The second-order valence-electron chi connectivity index (χ2n) is 6.49. The lowest BCUT2D eigenvalue weighted by Gasteiger charge is -2.13. The summed E-state index contributed by atoms with van der Waals surface area (Å²) in [6, 6.07) is 28.6. The molecule has 0 fully saturated rings. The Kier molecular flexibility index (Phi) is 5.11. The molecule has 0 saturated heterocycles. The van der Waals surface area contributed by atoms with Crippen molar-refractivity contribution < 1.29 is 8.42 Å². The second-order valence-corrected chi connectivity index (χ2v) is 9.26. The van der Waals surface area contributed by atoms with Gasteiger partial charge in [-0.05, 0) is 48.0 Å². The quantitative estimate of drug-likeness (QED) is 0.436. The lowest BCUT2D eigenvalue weighted by atomic mass is 10.1. The number of aryl methyl sites for hydroxylation is 1. The highest BCUT2D eigenvalue weighted by Crippen LogP contribution is 2.37. The zero-order valence-electron chi connectivity index (χ0n) is 15.3. The molecule has 5 heteroatoms. The fourth-order valence-corrected chi connectivity index (χ4v) is 5.16. The number of rotatable bonds is 5. The van der Waals surface area contributed by atoms with E-state index in [0.717, 1.165) is 26.1 Å². The average molecular weight is 406 g/mol. The van der Waals surface area contributed by atoms with Crippen LogP contribution in [0.3, 0.4) is 0 Å². The molecule has 0 spiro atoms. The number of hydrogen-bond acceptors (Lipinski definition) is 3. The normalized spacial score (nSPS) is 11.5. The van der Waals surface area contributed by atoms with Crippen LogP contribution in [0.25, 0.3) is 10.8 Å². The first-order valence-electron chi connectivity index (χ1n) is 8.87. The lowest BCUT2D eigenvalue weighted by Crippen LogP contribution is -2.13. The second kappa shape index (κ2) is 7.70. The summed E-state index contributed by atoms with van der Waals surface area (Å²) in [6.07, 6.45) is 0. The summed E-state index contributed by atoms with van der Waals surface area (Å²) in [6.45, 7) is 1.93. The number of anilines is 1. The Balaban J connectivity index is 1.68. The van der Waals surface area contributed by atoms with E-state index in [-0.39, 0.29) is 4.90 Å². The highest BCUT2D eigenvalue weighted by molar-refractivity contribution is 8.00. The first-order valence-corrected chi connectivity index (χ1v) is 11.2. The van der Waals surface area contributed by atoms with E-state index >= 15 is 0 Å². The minimum Gasteiger partial charge on any atom is -0.278 e. The summed E-state index contributed by atoms with van der Waals surface area (Å²) >= 11 is 1.56. The molecule has 4 aromatic rings. The lowest BCUT2D eigenvalue weighted by molar-refractivity contribution is 0.601. The third kappa shape index (κ3) is 3.91. The summed E-state index contributed by atoms with van der Waals surface area (Å²) < 4.78 is 28.4. The Morgan fingerprint density at radius 3 is 2.18 bits per heavy atom. The smallest absolute Gasteiger partial charge is 0.261 e. The van der Waals surface area contributed by atoms with Crippen LogP contribution in [0.5, 0.6) is 0 Å². The molecule has 0 unspecified atom stereocenters. The molecule has 0 aliphatic heterocycles. The van der Waals surface area contributed by atoms with E-state index < -0.39 is 10.0 Å². The number of hydrogen-bond donors (Lipinski definition) is 1. The molecule has 0 amide bonds. The molecule has 0 bridgehead atoms. The number of nitrogens with one attached hydrogen (secondary N) is 1. The molecule has 0 aromatic heterocycles. The van der Waals surface area contributed by atoms with Gasteiger partial charge in [0.25, 0.3) is 10.0 Å². The fraction of sp³-hybridized carbons (Fsp3) is 0.0435. The molecule has 4 rings (SSSR count). The van der Waals surface area contributed by atoms with Gasteiger partial charge in [0.05, 0.1) is 10.6 Å². The maximum absolute atomic E-state index is 12.8. The van der Waals surface area contributed by atoms with Crippen LogP contribution in [-0.2, 0) is 10.0 Å². The van der Waals surface area contributed by atoms with Crippen molar-refractivity contribution in [1.82, 2.24) is 0 Å². The van der Waals surface area contributed by atoms with Gasteiger partial charge in [-0.25, -0.2) is 8.42 Å². The summed E-state index contributed by atoms with van der Waals surface area (Å²) in [5, 5.41) is 2.30. The van der Waals surface area contributed by atoms with Gasteiger partial charge in [0.2, 0.25) is 0 Å². The Hall–Kier alpha value is -2.76. The molecular formula is C23H19NO2S2. The first kappa shape index (κ1) is 18.6. The van der Waals surface area contributed by atoms with Gasteiger partial charge in [0.1, 0.15) is 0 Å². The van der Waals surface area contributed by atoms with E-state index in [1.54, 1.807) is 42.1 Å². The number of fused-ring (bicyclic) bond motifs is 1. The molecule has 0 saturated carbocycles. The van der Waals surface area contributed by atoms with Crippen LogP contribution >= 0.6 is 11.8 Å². The van der Waals surface area contributed by atoms with Crippen LogP contribution < -0.4 is 4.72 Å². The summed E-state index contributed by atoms with van der Waals surface area (Å²) in [5.74, 6) is 0. The maximum Gasteiger partial charge on any atom is 0.261 e. The van der Waals surface area contributed by atoms with Crippen LogP contribution in [-0.4, -0.2) is 8.42 Å². The summed E-state index contributed by atoms with van der Waals surface area (Å²) in [5.41, 5.74) is 1.59. The third-order valence-electron chi connectivity index (χ3n) is 4.43. The van der Waals surface area contributed by atoms with Crippen LogP contribution in [0.1, 0.15) is 5.56 Å². The molecule has 0 aliphatic carbocycles. The summed E-state index contributed by atoms with van der Waals surface area (Å²) in [7, 11) is -3.65. The number of benzene rings is 4. The van der Waals surface area contributed by atoms with Crippen LogP contribution in [0.15, 0.2) is 106 Å². The van der Waals surface area contributed by atoms with Crippen molar-refractivity contribution in [3.05, 3.63) is 96.6 Å². The predicted octanol–water partition coefficient (Wildman–Crippen LogP) is 6.10. The van der Waals surface area contributed by atoms with Crippen LogP contribution in [0.4, 0.5) is 5.69 Å². The summed E-state index contributed by atoms with van der Waals surface area (Å²) in [4.78, 5) is 2.19. The van der Waals surface area contributed by atoms with Gasteiger partial charge < -0.3 is 0 Å². The largest absolute Gasteiger partial charge is 0.278 e. The van der Waals surface area contributed by atoms with Crippen molar-refractivity contribution >= 4 is 38.2 Å². The van der Waals surface area contributed by atoms with Gasteiger partial charge in [-0.2, -0.15) is 0 Å². The highest BCUT2D eigenvalue weighted by Gasteiger charge is 2.16. The van der Waals surface area contributed by atoms with Gasteiger partial charge in [-0.3, -0.25) is 4.72 Å². The fourth-order valence-electron chi connectivity index (χ4n) is 2.96. The Bertz CT molecular complexity index is 1230. The van der Waals surface area contributed by atoms with Crippen LogP contribution in [0, 0.1) is 6.92 Å². The molecule has 1 N–H and O–H groups in total. The SMILES string of the molecule is Cc1ccc(S(=O)(=O)Nc2ccccc2Sc2cccc3ccccc23)cc1. The van der Waals surface area contributed by atoms with Crippen molar-refractivity contribution in [2.75, 3.05) is 4.72 Å². The molecule has 0 heterocycles. The van der Waals surface area contributed by atoms with Gasteiger partial charge in [-0.15, -0.1) is 0 Å². The Morgan fingerprint density at radius 2 is 1.36 bits per heavy atom. The van der Waals surface area contributed by atoms with Gasteiger partial charge in [0.15, 0.2) is 0 Å². The molecular weight excluding hydrogens is 386 g/mol. The van der Waals surface area contributed by atoms with Gasteiger partial charge in [0, 0.05) is 9.79 Å². The van der Waals surface area contributed by atoms with Gasteiger partial charge >= 0.3 is 0 Å². The third-order valence-corrected chi connectivity index (χ3v) is 6.97. The van der Waals surface area contributed by atoms with Gasteiger partial charge in [-0.1, -0.05) is 78.0 Å². The molecule has 140 valence electrons. The monoisotopic (exact) mass is 405 g/mol. The van der Waals surface area contributed by atoms with E-state index in [1.807, 2.05) is 43.3 Å². The van der Waals surface area contributed by atoms with Crippen molar-refractivity contribution in [1.29, 1.82) is 0 Å². The van der Waals surface area contributed by atoms with Crippen molar-refractivity contribution in [2.24, 2.45) is 0 Å². The van der Waals surface area contributed by atoms with Crippen molar-refractivity contribution in [2.45, 2.75) is 21.6 Å². The zero-order valence-corrected chi connectivity index (χ0v) is 16.9. The van der Waals surface area contributed by atoms with E-state index in [2.05, 4.69) is 29.0 Å². The zero-order chi connectivity index (χ0) is 19.6. The number of sulfonamides is 1. The molecule has 4 aromatic carbocycles. The van der Waals surface area contributed by atoms with E-state index in [9.17, 15) is 8.42 Å². The van der Waals surface area contributed by atoms with E-state index in [1.165, 1.54) is 0 Å². The molecule has 3 nitrogen and oxygen atoms in total. The minimum atomic E-state index is -3.65.